The molecule has 0 spiro atoms. The summed E-state index contributed by atoms with van der Waals surface area (Å²) in [5.74, 6) is -0.298. The molecule has 1 atom stereocenters. The molecule has 1 rings (SSSR count). The van der Waals surface area contributed by atoms with Gasteiger partial charge in [-0.2, -0.15) is 0 Å². The Balaban J connectivity index is 0.00000441. The molecule has 0 aliphatic rings. The van der Waals surface area contributed by atoms with Crippen LogP contribution < -0.4 is 15.8 Å². The fraction of sp³-hybridized carbons (Fsp3) is 0.462. The SMILES string of the molecule is CCCS(=O)(=O)Nc1ccc(NC(=O)C(N)COC)cc1.Cl. The number of nitrogens with two attached hydrogens (primary N) is 1. The Hall–Kier alpha value is -1.35. The maximum absolute atomic E-state index is 11.7. The molecule has 0 radical (unpaired) electrons. The van der Waals surface area contributed by atoms with Crippen molar-refractivity contribution >= 4 is 39.7 Å². The maximum atomic E-state index is 11.7. The summed E-state index contributed by atoms with van der Waals surface area (Å²) in [7, 11) is -1.85. The number of sulfonamides is 1. The minimum atomic E-state index is -3.32. The Labute approximate surface area is 137 Å². The smallest absolute Gasteiger partial charge is 0.243 e. The van der Waals surface area contributed by atoms with Gasteiger partial charge in [0.15, 0.2) is 0 Å². The summed E-state index contributed by atoms with van der Waals surface area (Å²) in [5.41, 5.74) is 6.57. The lowest BCUT2D eigenvalue weighted by Gasteiger charge is -2.12. The van der Waals surface area contributed by atoms with Crippen LogP contribution >= 0.6 is 12.4 Å². The predicted molar refractivity (Wildman–Crippen MR) is 89.9 cm³/mol. The van der Waals surface area contributed by atoms with Gasteiger partial charge in [-0.3, -0.25) is 9.52 Å². The molecule has 1 aromatic carbocycles. The van der Waals surface area contributed by atoms with Crippen LogP contribution in [0.4, 0.5) is 11.4 Å². The molecule has 0 bridgehead atoms. The molecule has 0 aliphatic heterocycles. The van der Waals surface area contributed by atoms with Gasteiger partial charge in [0.05, 0.1) is 12.4 Å². The van der Waals surface area contributed by atoms with Crippen LogP contribution in [0.5, 0.6) is 0 Å². The third-order valence-electron chi connectivity index (χ3n) is 2.58. The van der Waals surface area contributed by atoms with E-state index in [4.69, 9.17) is 10.5 Å². The average Bonchev–Trinajstić information content (AvgIpc) is 2.40. The monoisotopic (exact) mass is 351 g/mol. The fourth-order valence-corrected chi connectivity index (χ4v) is 2.75. The molecule has 0 heterocycles. The van der Waals surface area contributed by atoms with Crippen LogP contribution in [0.1, 0.15) is 13.3 Å². The number of halogens is 1. The van der Waals surface area contributed by atoms with Gasteiger partial charge in [0.25, 0.3) is 0 Å². The first-order valence-electron chi connectivity index (χ1n) is 6.54. The molecule has 1 aromatic rings. The van der Waals surface area contributed by atoms with Gasteiger partial charge < -0.3 is 15.8 Å². The van der Waals surface area contributed by atoms with Crippen LogP contribution in [0, 0.1) is 0 Å². The molecule has 126 valence electrons. The highest BCUT2D eigenvalue weighted by Crippen LogP contribution is 2.15. The zero-order chi connectivity index (χ0) is 15.9. The quantitative estimate of drug-likeness (QED) is 0.651. The number of methoxy groups -OCH3 is 1. The molecule has 9 heteroatoms. The molecule has 0 aromatic heterocycles. The lowest BCUT2D eigenvalue weighted by atomic mass is 10.2. The van der Waals surface area contributed by atoms with Crippen molar-refractivity contribution in [3.63, 3.8) is 0 Å². The van der Waals surface area contributed by atoms with Gasteiger partial charge in [-0.05, 0) is 30.7 Å². The first-order chi connectivity index (χ1) is 9.88. The van der Waals surface area contributed by atoms with Crippen molar-refractivity contribution in [3.8, 4) is 0 Å². The Morgan fingerprint density at radius 2 is 1.82 bits per heavy atom. The van der Waals surface area contributed by atoms with Crippen molar-refractivity contribution in [3.05, 3.63) is 24.3 Å². The van der Waals surface area contributed by atoms with E-state index in [2.05, 4.69) is 10.0 Å². The number of nitrogens with one attached hydrogen (secondary N) is 2. The molecule has 1 unspecified atom stereocenters. The Bertz CT molecular complexity index is 563. The summed E-state index contributed by atoms with van der Waals surface area (Å²) in [6, 6.07) is 5.59. The minimum absolute atomic E-state index is 0. The maximum Gasteiger partial charge on any atom is 0.243 e. The van der Waals surface area contributed by atoms with Gasteiger partial charge in [0, 0.05) is 18.5 Å². The van der Waals surface area contributed by atoms with Crippen molar-refractivity contribution in [2.75, 3.05) is 29.5 Å². The van der Waals surface area contributed by atoms with Gasteiger partial charge in [0.2, 0.25) is 15.9 Å². The number of amides is 1. The first kappa shape index (κ1) is 20.6. The lowest BCUT2D eigenvalue weighted by Crippen LogP contribution is -2.39. The van der Waals surface area contributed by atoms with E-state index < -0.39 is 16.1 Å². The summed E-state index contributed by atoms with van der Waals surface area (Å²) in [4.78, 5) is 11.7. The zero-order valence-corrected chi connectivity index (χ0v) is 14.2. The molecule has 0 aliphatic carbocycles. The average molecular weight is 352 g/mol. The summed E-state index contributed by atoms with van der Waals surface area (Å²) >= 11 is 0. The highest BCUT2D eigenvalue weighted by atomic mass is 35.5. The molecular weight excluding hydrogens is 330 g/mol. The third-order valence-corrected chi connectivity index (χ3v) is 4.07. The standard InChI is InChI=1S/C13H21N3O4S.ClH/c1-3-8-21(18,19)16-11-6-4-10(5-7-11)15-13(17)12(14)9-20-2;/h4-7,12,16H,3,8-9,14H2,1-2H3,(H,15,17);1H. The van der Waals surface area contributed by atoms with E-state index in [1.165, 1.54) is 7.11 Å². The number of benzene rings is 1. The number of carbonyl (C=O) groups excluding carboxylic acids is 1. The Morgan fingerprint density at radius 1 is 1.27 bits per heavy atom. The number of ether oxygens (including phenoxy) is 1. The molecule has 4 N–H and O–H groups in total. The zero-order valence-electron chi connectivity index (χ0n) is 12.5. The lowest BCUT2D eigenvalue weighted by molar-refractivity contribution is -0.118. The highest BCUT2D eigenvalue weighted by molar-refractivity contribution is 7.92. The van der Waals surface area contributed by atoms with Crippen LogP contribution in [-0.4, -0.2) is 39.8 Å². The van der Waals surface area contributed by atoms with Crippen LogP contribution in [0.15, 0.2) is 24.3 Å². The molecule has 1 amide bonds. The highest BCUT2D eigenvalue weighted by Gasteiger charge is 2.13. The van der Waals surface area contributed by atoms with E-state index in [1.54, 1.807) is 31.2 Å². The number of carbonyl (C=O) groups is 1. The van der Waals surface area contributed by atoms with Crippen molar-refractivity contribution < 1.29 is 17.9 Å². The van der Waals surface area contributed by atoms with E-state index in [1.807, 2.05) is 0 Å². The molecule has 0 fully saturated rings. The normalized spacial score (nSPS) is 12.1. The van der Waals surface area contributed by atoms with Crippen LogP contribution in [-0.2, 0) is 19.6 Å². The predicted octanol–water partition coefficient (Wildman–Crippen LogP) is 1.17. The fourth-order valence-electron chi connectivity index (χ4n) is 1.61. The largest absolute Gasteiger partial charge is 0.383 e. The van der Waals surface area contributed by atoms with E-state index >= 15 is 0 Å². The molecular formula is C13H22ClN3O4S. The summed E-state index contributed by atoms with van der Waals surface area (Å²) in [5, 5.41) is 2.62. The van der Waals surface area contributed by atoms with Crippen LogP contribution in [0.3, 0.4) is 0 Å². The minimum Gasteiger partial charge on any atom is -0.383 e. The van der Waals surface area contributed by atoms with Gasteiger partial charge in [-0.1, -0.05) is 6.92 Å². The van der Waals surface area contributed by atoms with Crippen LogP contribution in [0.25, 0.3) is 0 Å². The third kappa shape index (κ3) is 7.08. The number of anilines is 2. The van der Waals surface area contributed by atoms with Crippen molar-refractivity contribution in [2.24, 2.45) is 5.73 Å². The second kappa shape index (κ2) is 9.62. The van der Waals surface area contributed by atoms with E-state index in [0.29, 0.717) is 17.8 Å². The Morgan fingerprint density at radius 3 is 2.32 bits per heavy atom. The first-order valence-corrected chi connectivity index (χ1v) is 8.19. The summed E-state index contributed by atoms with van der Waals surface area (Å²) in [6.07, 6.45) is 0.543. The topological polar surface area (TPSA) is 111 Å². The second-order valence-electron chi connectivity index (χ2n) is 4.55. The van der Waals surface area contributed by atoms with Crippen molar-refractivity contribution in [2.45, 2.75) is 19.4 Å². The molecule has 0 saturated heterocycles. The van der Waals surface area contributed by atoms with Gasteiger partial charge in [-0.25, -0.2) is 8.42 Å². The van der Waals surface area contributed by atoms with Gasteiger partial charge in [-0.15, -0.1) is 12.4 Å². The molecule has 22 heavy (non-hydrogen) atoms. The van der Waals surface area contributed by atoms with Gasteiger partial charge in [0.1, 0.15) is 6.04 Å². The van der Waals surface area contributed by atoms with Crippen molar-refractivity contribution in [1.82, 2.24) is 0 Å². The van der Waals surface area contributed by atoms with E-state index in [9.17, 15) is 13.2 Å². The summed E-state index contributed by atoms with van der Waals surface area (Å²) < 4.78 is 30.5. The summed E-state index contributed by atoms with van der Waals surface area (Å²) in [6.45, 7) is 1.92. The van der Waals surface area contributed by atoms with Gasteiger partial charge >= 0.3 is 0 Å². The second-order valence-corrected chi connectivity index (χ2v) is 6.39. The van der Waals surface area contributed by atoms with E-state index in [0.717, 1.165) is 0 Å². The molecule has 0 saturated carbocycles. The van der Waals surface area contributed by atoms with E-state index in [-0.39, 0.29) is 30.7 Å². The number of hydrogen-bond donors (Lipinski definition) is 3. The Kier molecular flexibility index (Phi) is 9.03. The number of hydrogen-bond acceptors (Lipinski definition) is 5. The van der Waals surface area contributed by atoms with Crippen molar-refractivity contribution in [1.29, 1.82) is 0 Å². The molecule has 7 nitrogen and oxygen atoms in total. The van der Waals surface area contributed by atoms with Crippen LogP contribution in [0.2, 0.25) is 0 Å². The number of rotatable bonds is 8.